The van der Waals surface area contributed by atoms with Gasteiger partial charge in [-0.25, -0.2) is 9.59 Å². The highest BCUT2D eigenvalue weighted by Gasteiger charge is 2.53. The van der Waals surface area contributed by atoms with E-state index in [-0.39, 0.29) is 12.2 Å². The summed E-state index contributed by atoms with van der Waals surface area (Å²) in [5, 5.41) is 13.9. The molecule has 1 aromatic heterocycles. The van der Waals surface area contributed by atoms with Crippen molar-refractivity contribution in [1.82, 2.24) is 19.7 Å². The lowest BCUT2D eigenvalue weighted by atomic mass is 9.98. The van der Waals surface area contributed by atoms with Crippen molar-refractivity contribution in [3.63, 3.8) is 0 Å². The number of hydroxylamine groups is 2. The molecule has 2 N–H and O–H groups in total. The Balaban J connectivity index is 2.10. The van der Waals surface area contributed by atoms with Crippen LogP contribution in [0.2, 0.25) is 0 Å². The second-order valence-corrected chi connectivity index (χ2v) is 5.85. The van der Waals surface area contributed by atoms with Gasteiger partial charge in [0.25, 0.3) is 0 Å². The van der Waals surface area contributed by atoms with Crippen molar-refractivity contribution in [3.05, 3.63) is 17.5 Å². The van der Waals surface area contributed by atoms with Crippen LogP contribution in [0.4, 0.5) is 4.79 Å². The van der Waals surface area contributed by atoms with Gasteiger partial charge in [0.15, 0.2) is 6.04 Å². The summed E-state index contributed by atoms with van der Waals surface area (Å²) in [6.45, 7) is 2.19. The molecular weight excluding hydrogens is 320 g/mol. The average Bonchev–Trinajstić information content (AvgIpc) is 2.94. The van der Waals surface area contributed by atoms with Gasteiger partial charge in [-0.1, -0.05) is 0 Å². The molecule has 0 spiro atoms. The maximum absolute atomic E-state index is 12.2. The third-order valence-corrected chi connectivity index (χ3v) is 3.92. The molecular formula is C10H12N4O7S. The van der Waals surface area contributed by atoms with Gasteiger partial charge < -0.3 is 10.0 Å². The minimum atomic E-state index is -4.91. The number of hydrogen-bond donors (Lipinski definition) is 2. The summed E-state index contributed by atoms with van der Waals surface area (Å²) in [7, 11) is -4.91. The first-order valence-corrected chi connectivity index (χ1v) is 7.66. The van der Waals surface area contributed by atoms with Crippen molar-refractivity contribution in [3.8, 4) is 0 Å². The van der Waals surface area contributed by atoms with Crippen LogP contribution in [0.3, 0.4) is 0 Å². The number of carbonyl (C=O) groups excluding carboxylic acids is 1. The van der Waals surface area contributed by atoms with Crippen molar-refractivity contribution in [2.45, 2.75) is 25.6 Å². The van der Waals surface area contributed by atoms with Gasteiger partial charge >= 0.3 is 22.4 Å². The zero-order chi connectivity index (χ0) is 16.2. The Kier molecular flexibility index (Phi) is 3.12. The normalized spacial score (nSPS) is 23.8. The van der Waals surface area contributed by atoms with Crippen molar-refractivity contribution >= 4 is 22.4 Å². The van der Waals surface area contributed by atoms with Crippen LogP contribution in [0.1, 0.15) is 30.3 Å². The molecule has 12 heteroatoms. The summed E-state index contributed by atoms with van der Waals surface area (Å²) in [6.07, 6.45) is 1.53. The predicted octanol–water partition coefficient (Wildman–Crippen LogP) is -0.445. The summed E-state index contributed by atoms with van der Waals surface area (Å²) in [5.74, 6) is -1.29. The molecule has 22 heavy (non-hydrogen) atoms. The number of nitrogens with zero attached hydrogens (tertiary/aromatic N) is 4. The Labute approximate surface area is 124 Å². The molecule has 0 radical (unpaired) electrons. The van der Waals surface area contributed by atoms with E-state index in [1.54, 1.807) is 6.92 Å². The third kappa shape index (κ3) is 2.12. The molecule has 2 atom stereocenters. The Morgan fingerprint density at radius 3 is 2.77 bits per heavy atom. The van der Waals surface area contributed by atoms with Gasteiger partial charge in [-0.15, -0.1) is 4.28 Å². The van der Waals surface area contributed by atoms with E-state index < -0.39 is 34.5 Å². The number of carbonyl (C=O) groups is 2. The number of aromatic nitrogens is 2. The molecule has 1 saturated heterocycles. The summed E-state index contributed by atoms with van der Waals surface area (Å²) in [4.78, 5) is 24.6. The summed E-state index contributed by atoms with van der Waals surface area (Å²) in [5.41, 5.74) is 0.528. The smallest absolute Gasteiger partial charge is 0.418 e. The lowest BCUT2D eigenvalue weighted by molar-refractivity contribution is -0.142. The van der Waals surface area contributed by atoms with Crippen molar-refractivity contribution in [2.75, 3.05) is 6.54 Å². The molecule has 1 fully saturated rings. The van der Waals surface area contributed by atoms with Gasteiger partial charge in [0, 0.05) is 18.3 Å². The number of carboxylic acids is 1. The maximum atomic E-state index is 12.2. The average molecular weight is 332 g/mol. The van der Waals surface area contributed by atoms with Crippen LogP contribution in [0, 0.1) is 0 Å². The number of rotatable bonds is 4. The van der Waals surface area contributed by atoms with E-state index in [4.69, 9.17) is 4.55 Å². The van der Waals surface area contributed by atoms with E-state index >= 15 is 0 Å². The lowest BCUT2D eigenvalue weighted by Crippen LogP contribution is -2.38. The van der Waals surface area contributed by atoms with E-state index in [0.717, 1.165) is 4.90 Å². The molecule has 1 aromatic rings. The number of aryl methyl sites for hydroxylation is 1. The highest BCUT2D eigenvalue weighted by Crippen LogP contribution is 2.43. The van der Waals surface area contributed by atoms with Crippen molar-refractivity contribution in [2.24, 2.45) is 0 Å². The van der Waals surface area contributed by atoms with Crippen LogP contribution in [0.15, 0.2) is 6.20 Å². The highest BCUT2D eigenvalue weighted by atomic mass is 32.3. The molecule has 120 valence electrons. The Bertz CT molecular complexity index is 757. The van der Waals surface area contributed by atoms with E-state index in [1.807, 2.05) is 0 Å². The van der Waals surface area contributed by atoms with E-state index in [0.29, 0.717) is 17.2 Å². The van der Waals surface area contributed by atoms with Crippen LogP contribution in [0.5, 0.6) is 0 Å². The molecule has 2 bridgehead atoms. The zero-order valence-corrected chi connectivity index (χ0v) is 12.1. The Morgan fingerprint density at radius 1 is 1.55 bits per heavy atom. The molecule has 2 unspecified atom stereocenters. The standard InChI is InChI=1S/C10H12N4O7S/c1-2-12-3-5-6-4-13(8(9(15)16)7(5)11-12)10(17)14(6)21-22(18,19)20/h3,6,8H,2,4H2,1H3,(H,15,16)(H,18,19,20). The molecule has 2 aliphatic rings. The molecule has 0 aromatic carbocycles. The van der Waals surface area contributed by atoms with E-state index in [2.05, 4.69) is 9.38 Å². The molecule has 0 aliphatic carbocycles. The number of hydrogen-bond acceptors (Lipinski definition) is 6. The van der Waals surface area contributed by atoms with Crippen LogP contribution in [-0.2, 0) is 26.0 Å². The SMILES string of the molecule is CCn1cc2c(n1)C(C(=O)O)N1CC2N(OS(=O)(=O)O)C1=O. The number of aliphatic carboxylic acids is 1. The fourth-order valence-corrected chi connectivity index (χ4v) is 3.08. The van der Waals surface area contributed by atoms with Crippen LogP contribution >= 0.6 is 0 Å². The molecule has 2 amide bonds. The topological polar surface area (TPSA) is 142 Å². The molecule has 2 aliphatic heterocycles. The first-order valence-electron chi connectivity index (χ1n) is 6.29. The maximum Gasteiger partial charge on any atom is 0.418 e. The second kappa shape index (κ2) is 4.66. The number of amides is 2. The number of fused-ring (bicyclic) bond motifs is 4. The Hall–Kier alpha value is -2.18. The second-order valence-electron chi connectivity index (χ2n) is 4.84. The summed E-state index contributed by atoms with van der Waals surface area (Å²) < 4.78 is 36.4. The summed E-state index contributed by atoms with van der Waals surface area (Å²) in [6, 6.07) is -3.15. The highest BCUT2D eigenvalue weighted by molar-refractivity contribution is 7.80. The largest absolute Gasteiger partial charge is 0.479 e. The van der Waals surface area contributed by atoms with Crippen LogP contribution in [-0.4, -0.2) is 56.4 Å². The lowest BCUT2D eigenvalue weighted by Gasteiger charge is -2.26. The van der Waals surface area contributed by atoms with Gasteiger partial charge in [0.05, 0.1) is 6.54 Å². The fourth-order valence-electron chi connectivity index (χ4n) is 2.71. The first kappa shape index (κ1) is 14.7. The van der Waals surface area contributed by atoms with Gasteiger partial charge in [-0.3, -0.25) is 9.23 Å². The summed E-state index contributed by atoms with van der Waals surface area (Å²) >= 11 is 0. The van der Waals surface area contributed by atoms with Crippen LogP contribution in [0.25, 0.3) is 0 Å². The molecule has 3 rings (SSSR count). The van der Waals surface area contributed by atoms with Gasteiger partial charge in [-0.2, -0.15) is 18.6 Å². The predicted molar refractivity (Wildman–Crippen MR) is 67.6 cm³/mol. The van der Waals surface area contributed by atoms with Crippen molar-refractivity contribution < 1.29 is 31.9 Å². The zero-order valence-electron chi connectivity index (χ0n) is 11.3. The fraction of sp³-hybridized carbons (Fsp3) is 0.500. The Morgan fingerprint density at radius 2 is 2.23 bits per heavy atom. The molecule has 3 heterocycles. The van der Waals surface area contributed by atoms with Gasteiger partial charge in [-0.05, 0) is 6.92 Å². The minimum Gasteiger partial charge on any atom is -0.479 e. The van der Waals surface area contributed by atoms with Gasteiger partial charge in [0.1, 0.15) is 11.7 Å². The number of urea groups is 1. The van der Waals surface area contributed by atoms with Gasteiger partial charge in [0.2, 0.25) is 0 Å². The third-order valence-electron chi connectivity index (χ3n) is 3.57. The minimum absolute atomic E-state index is 0.0757. The molecule has 11 nitrogen and oxygen atoms in total. The number of carboxylic acid groups (broad SMARTS) is 1. The first-order chi connectivity index (χ1) is 10.2. The van der Waals surface area contributed by atoms with E-state index in [1.165, 1.54) is 10.9 Å². The quantitative estimate of drug-likeness (QED) is 0.706. The molecule has 0 saturated carbocycles. The van der Waals surface area contributed by atoms with Crippen molar-refractivity contribution in [1.29, 1.82) is 0 Å². The van der Waals surface area contributed by atoms with E-state index in [9.17, 15) is 23.1 Å². The monoisotopic (exact) mass is 332 g/mol. The van der Waals surface area contributed by atoms with Crippen LogP contribution < -0.4 is 0 Å².